The molecule has 0 bridgehead atoms. The number of rotatable bonds is 2. The van der Waals surface area contributed by atoms with E-state index in [9.17, 15) is 0 Å². The summed E-state index contributed by atoms with van der Waals surface area (Å²) >= 11 is 2.28. The number of ether oxygens (including phenoxy) is 1. The van der Waals surface area contributed by atoms with Crippen molar-refractivity contribution in [2.75, 3.05) is 13.2 Å². The summed E-state index contributed by atoms with van der Waals surface area (Å²) < 4.78 is 10.4. The van der Waals surface area contributed by atoms with E-state index in [1.54, 1.807) is 0 Å². The van der Waals surface area contributed by atoms with Crippen LogP contribution in [0.25, 0.3) is 16.9 Å². The molecule has 0 amide bonds. The third kappa shape index (κ3) is 2.44. The number of hydrogen-bond donors (Lipinski definition) is 0. The van der Waals surface area contributed by atoms with Crippen LogP contribution in [0, 0.1) is 3.57 Å². The van der Waals surface area contributed by atoms with Gasteiger partial charge in [-0.3, -0.25) is 0 Å². The molecule has 0 radical (unpaired) electrons. The second-order valence-electron chi connectivity index (χ2n) is 5.13. The van der Waals surface area contributed by atoms with E-state index in [2.05, 4.69) is 43.8 Å². The van der Waals surface area contributed by atoms with Crippen molar-refractivity contribution < 1.29 is 4.74 Å². The normalized spacial score (nSPS) is 16.6. The van der Waals surface area contributed by atoms with Gasteiger partial charge in [-0.25, -0.2) is 14.2 Å². The number of aromatic nitrogens is 5. The van der Waals surface area contributed by atoms with E-state index in [0.717, 1.165) is 46.5 Å². The van der Waals surface area contributed by atoms with Gasteiger partial charge in [0.25, 0.3) is 0 Å². The fraction of sp³-hybridized carbons (Fsp3) is 0.357. The Hall–Kier alpha value is -1.48. The molecule has 108 valence electrons. The molecule has 4 heterocycles. The van der Waals surface area contributed by atoms with Crippen molar-refractivity contribution >= 4 is 28.1 Å². The fourth-order valence-electron chi connectivity index (χ4n) is 2.62. The zero-order chi connectivity index (χ0) is 14.2. The Morgan fingerprint density at radius 1 is 1.24 bits per heavy atom. The molecular formula is C14H14IN5O. The highest BCUT2D eigenvalue weighted by molar-refractivity contribution is 14.1. The average molecular weight is 395 g/mol. The van der Waals surface area contributed by atoms with Gasteiger partial charge in [0.05, 0.1) is 21.3 Å². The number of fused-ring (bicyclic) bond motifs is 1. The van der Waals surface area contributed by atoms with Crippen LogP contribution >= 0.6 is 22.6 Å². The molecule has 1 saturated heterocycles. The molecule has 3 aromatic rings. The minimum Gasteiger partial charge on any atom is -0.381 e. The highest BCUT2D eigenvalue weighted by Gasteiger charge is 2.17. The van der Waals surface area contributed by atoms with Gasteiger partial charge in [0.15, 0.2) is 5.82 Å². The van der Waals surface area contributed by atoms with Crippen molar-refractivity contribution in [2.24, 2.45) is 0 Å². The van der Waals surface area contributed by atoms with Gasteiger partial charge in [0.1, 0.15) is 6.33 Å². The van der Waals surface area contributed by atoms with Crippen LogP contribution in [0.5, 0.6) is 0 Å². The minimum atomic E-state index is 0.398. The summed E-state index contributed by atoms with van der Waals surface area (Å²) in [7, 11) is 0. The summed E-state index contributed by atoms with van der Waals surface area (Å²) in [6.45, 7) is 1.61. The third-order valence-corrected chi connectivity index (χ3v) is 4.63. The van der Waals surface area contributed by atoms with Gasteiger partial charge in [-0.15, -0.1) is 0 Å². The summed E-state index contributed by atoms with van der Waals surface area (Å²) in [5.74, 6) is 0.744. The summed E-state index contributed by atoms with van der Waals surface area (Å²) in [5, 5.41) is 8.96. The first-order valence-electron chi connectivity index (χ1n) is 6.93. The zero-order valence-corrected chi connectivity index (χ0v) is 13.5. The fourth-order valence-corrected chi connectivity index (χ4v) is 3.17. The molecule has 4 rings (SSSR count). The maximum absolute atomic E-state index is 5.39. The summed E-state index contributed by atoms with van der Waals surface area (Å²) in [4.78, 5) is 4.44. The Morgan fingerprint density at radius 2 is 2.10 bits per heavy atom. The molecule has 3 aromatic heterocycles. The first-order chi connectivity index (χ1) is 10.3. The largest absolute Gasteiger partial charge is 0.381 e. The van der Waals surface area contributed by atoms with Gasteiger partial charge in [0.2, 0.25) is 0 Å². The maximum atomic E-state index is 5.39. The molecule has 0 spiro atoms. The van der Waals surface area contributed by atoms with Crippen molar-refractivity contribution in [1.29, 1.82) is 0 Å². The van der Waals surface area contributed by atoms with Crippen LogP contribution in [0.4, 0.5) is 0 Å². The van der Waals surface area contributed by atoms with E-state index in [1.165, 1.54) is 0 Å². The number of pyridine rings is 1. The Balaban J connectivity index is 1.66. The van der Waals surface area contributed by atoms with Crippen LogP contribution in [-0.2, 0) is 4.74 Å². The van der Waals surface area contributed by atoms with Crippen LogP contribution < -0.4 is 0 Å². The highest BCUT2D eigenvalue weighted by atomic mass is 127. The first-order valence-corrected chi connectivity index (χ1v) is 8.01. The van der Waals surface area contributed by atoms with Crippen molar-refractivity contribution in [3.05, 3.63) is 34.4 Å². The Bertz CT molecular complexity index is 775. The lowest BCUT2D eigenvalue weighted by Gasteiger charge is -2.21. The van der Waals surface area contributed by atoms with E-state index in [0.29, 0.717) is 6.04 Å². The predicted molar refractivity (Wildman–Crippen MR) is 86.0 cm³/mol. The van der Waals surface area contributed by atoms with E-state index in [1.807, 2.05) is 34.0 Å². The molecule has 1 aliphatic rings. The van der Waals surface area contributed by atoms with Gasteiger partial charge < -0.3 is 4.74 Å². The highest BCUT2D eigenvalue weighted by Crippen LogP contribution is 2.23. The Kier molecular flexibility index (Phi) is 3.38. The van der Waals surface area contributed by atoms with Gasteiger partial charge in [0, 0.05) is 25.0 Å². The molecule has 0 unspecified atom stereocenters. The molecule has 0 N–H and O–H groups in total. The lowest BCUT2D eigenvalue weighted by atomic mass is 10.1. The van der Waals surface area contributed by atoms with Crippen LogP contribution in [0.15, 0.2) is 30.9 Å². The SMILES string of the molecule is Ic1cnn2cc(-c3ncn(C4CCOCC4)n3)ccc12. The minimum absolute atomic E-state index is 0.398. The maximum Gasteiger partial charge on any atom is 0.182 e. The topological polar surface area (TPSA) is 57.2 Å². The van der Waals surface area contributed by atoms with Gasteiger partial charge in [-0.05, 0) is 47.6 Å². The molecule has 0 atom stereocenters. The molecule has 0 aliphatic carbocycles. The number of nitrogens with zero attached hydrogens (tertiary/aromatic N) is 5. The van der Waals surface area contributed by atoms with Crippen LogP contribution in [0.3, 0.4) is 0 Å². The van der Waals surface area contributed by atoms with Crippen LogP contribution in [-0.4, -0.2) is 37.6 Å². The Labute approximate surface area is 135 Å². The number of halogens is 1. The van der Waals surface area contributed by atoms with Gasteiger partial charge >= 0.3 is 0 Å². The van der Waals surface area contributed by atoms with E-state index in [4.69, 9.17) is 4.74 Å². The molecule has 1 fully saturated rings. The molecule has 0 aromatic carbocycles. The quantitative estimate of drug-likeness (QED) is 0.626. The second-order valence-corrected chi connectivity index (χ2v) is 6.29. The Morgan fingerprint density at radius 3 is 2.95 bits per heavy atom. The van der Waals surface area contributed by atoms with Crippen molar-refractivity contribution in [1.82, 2.24) is 24.4 Å². The predicted octanol–water partition coefficient (Wildman–Crippen LogP) is 2.55. The summed E-state index contributed by atoms with van der Waals surface area (Å²) in [6, 6.07) is 4.50. The molecular weight excluding hydrogens is 381 g/mol. The lowest BCUT2D eigenvalue weighted by molar-refractivity contribution is 0.0662. The third-order valence-electron chi connectivity index (χ3n) is 3.80. The van der Waals surface area contributed by atoms with Crippen LogP contribution in [0.1, 0.15) is 18.9 Å². The smallest absolute Gasteiger partial charge is 0.182 e. The number of hydrogen-bond acceptors (Lipinski definition) is 4. The summed E-state index contributed by atoms with van der Waals surface area (Å²) in [5.41, 5.74) is 2.08. The molecule has 0 saturated carbocycles. The molecule has 6 nitrogen and oxygen atoms in total. The van der Waals surface area contributed by atoms with Gasteiger partial charge in [-0.2, -0.15) is 10.2 Å². The summed E-state index contributed by atoms with van der Waals surface area (Å²) in [6.07, 6.45) is 7.65. The van der Waals surface area contributed by atoms with Crippen molar-refractivity contribution in [2.45, 2.75) is 18.9 Å². The van der Waals surface area contributed by atoms with Crippen molar-refractivity contribution in [3.8, 4) is 11.4 Å². The zero-order valence-electron chi connectivity index (χ0n) is 11.3. The first kappa shape index (κ1) is 13.2. The van der Waals surface area contributed by atoms with Crippen molar-refractivity contribution in [3.63, 3.8) is 0 Å². The second kappa shape index (κ2) is 5.38. The van der Waals surface area contributed by atoms with Gasteiger partial charge in [-0.1, -0.05) is 0 Å². The van der Waals surface area contributed by atoms with E-state index < -0.39 is 0 Å². The monoisotopic (exact) mass is 395 g/mol. The van der Waals surface area contributed by atoms with Crippen LogP contribution in [0.2, 0.25) is 0 Å². The molecule has 7 heteroatoms. The van der Waals surface area contributed by atoms with E-state index >= 15 is 0 Å². The average Bonchev–Trinajstić information content (AvgIpc) is 3.15. The standard InChI is InChI=1S/C14H14IN5O/c15-12-7-17-19-8-10(1-2-13(12)19)14-16-9-20(18-14)11-3-5-21-6-4-11/h1-2,7-9,11H,3-6H2. The molecule has 21 heavy (non-hydrogen) atoms. The lowest BCUT2D eigenvalue weighted by Crippen LogP contribution is -2.19. The van der Waals surface area contributed by atoms with E-state index in [-0.39, 0.29) is 0 Å². The molecule has 1 aliphatic heterocycles.